The molecule has 1 N–H and O–H groups in total. The van der Waals surface area contributed by atoms with Gasteiger partial charge in [0.15, 0.2) is 11.6 Å². The van der Waals surface area contributed by atoms with Gasteiger partial charge in [0.25, 0.3) is 0 Å². The van der Waals surface area contributed by atoms with Gasteiger partial charge in [-0.25, -0.2) is 4.39 Å². The lowest BCUT2D eigenvalue weighted by Crippen LogP contribution is -2.45. The maximum atomic E-state index is 14.0. The molecule has 0 amide bonds. The van der Waals surface area contributed by atoms with Crippen LogP contribution in [0.4, 0.5) is 4.39 Å². The minimum absolute atomic E-state index is 0.0600. The topological polar surface area (TPSA) is 83.9 Å². The highest BCUT2D eigenvalue weighted by molar-refractivity contribution is 6.30. The average Bonchev–Trinajstić information content (AvgIpc) is 2.85. The van der Waals surface area contributed by atoms with E-state index in [1.807, 2.05) is 32.6 Å². The van der Waals surface area contributed by atoms with Crippen molar-refractivity contribution in [2.75, 3.05) is 6.54 Å². The van der Waals surface area contributed by atoms with Crippen LogP contribution in [-0.4, -0.2) is 34.1 Å². The molecule has 0 fully saturated rings. The number of halogens is 2. The Kier molecular flexibility index (Phi) is 7.62. The summed E-state index contributed by atoms with van der Waals surface area (Å²) in [4.78, 5) is 41.6. The second-order valence-corrected chi connectivity index (χ2v) is 13.4. The van der Waals surface area contributed by atoms with Crippen LogP contribution >= 0.6 is 11.6 Å². The molecular formula is C33H35ClFNO5. The quantitative estimate of drug-likeness (QED) is 0.373. The molecule has 41 heavy (non-hydrogen) atoms. The fraction of sp³-hybridized carbons (Fsp3) is 0.424. The van der Waals surface area contributed by atoms with Crippen LogP contribution in [-0.2, 0) is 21.0 Å². The molecule has 0 saturated heterocycles. The molecule has 2 aliphatic carbocycles. The van der Waals surface area contributed by atoms with E-state index in [0.717, 1.165) is 17.0 Å². The lowest BCUT2D eigenvalue weighted by molar-refractivity contribution is -0.137. The third kappa shape index (κ3) is 5.96. The molecule has 2 aromatic rings. The zero-order valence-corrected chi connectivity index (χ0v) is 24.6. The van der Waals surface area contributed by atoms with E-state index < -0.39 is 11.9 Å². The second kappa shape index (κ2) is 10.8. The Hall–Kier alpha value is -3.45. The van der Waals surface area contributed by atoms with Gasteiger partial charge in [0.1, 0.15) is 18.2 Å². The van der Waals surface area contributed by atoms with Gasteiger partial charge in [0.05, 0.1) is 6.42 Å². The molecule has 8 heteroatoms. The first-order valence-corrected chi connectivity index (χ1v) is 14.3. The monoisotopic (exact) mass is 579 g/mol. The number of carboxylic acid groups (broad SMARTS) is 1. The summed E-state index contributed by atoms with van der Waals surface area (Å²) in [6.07, 6.45) is 1.64. The van der Waals surface area contributed by atoms with Gasteiger partial charge in [-0.2, -0.15) is 0 Å². The number of rotatable bonds is 7. The predicted molar refractivity (Wildman–Crippen MR) is 154 cm³/mol. The van der Waals surface area contributed by atoms with Crippen LogP contribution in [0.15, 0.2) is 65.0 Å². The van der Waals surface area contributed by atoms with E-state index in [1.165, 1.54) is 12.1 Å². The molecule has 0 saturated carbocycles. The van der Waals surface area contributed by atoms with Crippen molar-refractivity contribution in [1.29, 1.82) is 0 Å². The smallest absolute Gasteiger partial charge is 0.305 e. The third-order valence-electron chi connectivity index (χ3n) is 8.16. The summed E-state index contributed by atoms with van der Waals surface area (Å²) in [5.74, 6) is -1.60. The van der Waals surface area contributed by atoms with Gasteiger partial charge in [0.2, 0.25) is 0 Å². The molecule has 216 valence electrons. The van der Waals surface area contributed by atoms with Gasteiger partial charge >= 0.3 is 5.97 Å². The molecule has 0 bridgehead atoms. The Bertz CT molecular complexity index is 1430. The fourth-order valence-electron chi connectivity index (χ4n) is 6.45. The number of nitrogens with zero attached hydrogens (tertiary/aromatic N) is 1. The molecule has 0 atom stereocenters. The van der Waals surface area contributed by atoms with Crippen molar-refractivity contribution >= 4 is 29.1 Å². The Morgan fingerprint density at radius 2 is 1.51 bits per heavy atom. The minimum atomic E-state index is -0.939. The zero-order chi connectivity index (χ0) is 29.7. The number of aliphatic carboxylic acids is 1. The van der Waals surface area contributed by atoms with Gasteiger partial charge in [0, 0.05) is 58.4 Å². The van der Waals surface area contributed by atoms with Crippen molar-refractivity contribution in [1.82, 2.24) is 4.90 Å². The van der Waals surface area contributed by atoms with Gasteiger partial charge in [-0.1, -0.05) is 51.4 Å². The molecule has 0 radical (unpaired) electrons. The van der Waals surface area contributed by atoms with E-state index in [9.17, 15) is 23.9 Å². The van der Waals surface area contributed by atoms with Crippen LogP contribution in [0.1, 0.15) is 76.8 Å². The molecule has 0 aromatic heterocycles. The zero-order valence-electron chi connectivity index (χ0n) is 23.9. The van der Waals surface area contributed by atoms with Crippen molar-refractivity contribution in [2.24, 2.45) is 10.8 Å². The minimum Gasteiger partial charge on any atom is -0.489 e. The highest BCUT2D eigenvalue weighted by atomic mass is 35.5. The maximum absolute atomic E-state index is 14.0. The molecular weight excluding hydrogens is 545 g/mol. The highest BCUT2D eigenvalue weighted by Gasteiger charge is 2.49. The number of hydrogen-bond acceptors (Lipinski definition) is 5. The average molecular weight is 580 g/mol. The number of Topliss-reactive ketones (excluding diaryl/α,β-unsaturated/α-hetero) is 2. The van der Waals surface area contributed by atoms with Crippen molar-refractivity contribution in [3.05, 3.63) is 87.0 Å². The van der Waals surface area contributed by atoms with Crippen molar-refractivity contribution in [2.45, 2.75) is 72.3 Å². The van der Waals surface area contributed by atoms with Gasteiger partial charge in [-0.05, 0) is 59.6 Å². The molecule has 0 spiro atoms. The first kappa shape index (κ1) is 29.1. The number of ketones is 2. The largest absolute Gasteiger partial charge is 0.489 e. The molecule has 2 aromatic carbocycles. The Morgan fingerprint density at radius 3 is 2.05 bits per heavy atom. The summed E-state index contributed by atoms with van der Waals surface area (Å²) >= 11 is 6.52. The lowest BCUT2D eigenvalue weighted by Gasteiger charge is -2.49. The Labute approximate surface area is 244 Å². The van der Waals surface area contributed by atoms with Gasteiger partial charge in [-0.15, -0.1) is 0 Å². The van der Waals surface area contributed by atoms with E-state index in [0.29, 0.717) is 53.2 Å². The van der Waals surface area contributed by atoms with E-state index >= 15 is 0 Å². The van der Waals surface area contributed by atoms with Crippen molar-refractivity contribution in [3.8, 4) is 5.75 Å². The number of ether oxygens (including phenoxy) is 1. The summed E-state index contributed by atoms with van der Waals surface area (Å²) in [5, 5.41) is 10.0. The Morgan fingerprint density at radius 1 is 0.951 bits per heavy atom. The van der Waals surface area contributed by atoms with Crippen LogP contribution in [0.3, 0.4) is 0 Å². The molecule has 1 heterocycles. The first-order chi connectivity index (χ1) is 19.2. The third-order valence-corrected chi connectivity index (χ3v) is 8.40. The predicted octanol–water partition coefficient (Wildman–Crippen LogP) is 7.22. The number of allylic oxidation sites excluding steroid dienone is 4. The number of carbonyl (C=O) groups is 3. The molecule has 1 aliphatic heterocycles. The summed E-state index contributed by atoms with van der Waals surface area (Å²) < 4.78 is 19.7. The molecule has 0 unspecified atom stereocenters. The van der Waals surface area contributed by atoms with Crippen LogP contribution < -0.4 is 4.74 Å². The van der Waals surface area contributed by atoms with E-state index in [2.05, 4.69) is 0 Å². The van der Waals surface area contributed by atoms with Gasteiger partial charge < -0.3 is 14.7 Å². The van der Waals surface area contributed by atoms with Crippen LogP contribution in [0.5, 0.6) is 5.75 Å². The van der Waals surface area contributed by atoms with E-state index in [-0.39, 0.29) is 47.8 Å². The second-order valence-electron chi connectivity index (χ2n) is 12.9. The number of benzene rings is 2. The maximum Gasteiger partial charge on any atom is 0.305 e. The van der Waals surface area contributed by atoms with Crippen molar-refractivity contribution in [3.63, 3.8) is 0 Å². The highest BCUT2D eigenvalue weighted by Crippen LogP contribution is 2.55. The number of hydrogen-bond donors (Lipinski definition) is 1. The van der Waals surface area contributed by atoms with E-state index in [4.69, 9.17) is 16.3 Å². The summed E-state index contributed by atoms with van der Waals surface area (Å²) in [7, 11) is 0. The number of carbonyl (C=O) groups excluding carboxylic acids is 2. The standard InChI is InChI=1S/C33H35ClFNO5/c1-32(2)14-23-30(25(37)16-32)29(31-24(36(23)12-11-28(39)40)15-33(3,4)17-26(31)38)22-13-20(34)7-10-27(22)41-18-19-5-8-21(35)9-6-19/h5-10,13,29H,11-12,14-18H2,1-4H3,(H,39,40). The molecule has 6 nitrogen and oxygen atoms in total. The normalized spacial score (nSPS) is 20.2. The summed E-state index contributed by atoms with van der Waals surface area (Å²) in [5.41, 5.74) is 3.35. The summed E-state index contributed by atoms with van der Waals surface area (Å²) in [6, 6.07) is 11.2. The first-order valence-electron chi connectivity index (χ1n) is 13.9. The van der Waals surface area contributed by atoms with Crippen molar-refractivity contribution < 1.29 is 28.6 Å². The number of carboxylic acids is 1. The SMILES string of the molecule is CC1(C)CC(=O)C2=C(C1)N(CCC(=O)O)C1=C(C(=O)CC(C)(C)C1)C2c1cc(Cl)ccc1OCc1ccc(F)cc1. The van der Waals surface area contributed by atoms with Crippen LogP contribution in [0, 0.1) is 16.6 Å². The van der Waals surface area contributed by atoms with Crippen LogP contribution in [0.25, 0.3) is 0 Å². The molecule has 3 aliphatic rings. The fourth-order valence-corrected chi connectivity index (χ4v) is 6.63. The van der Waals surface area contributed by atoms with E-state index in [1.54, 1.807) is 30.3 Å². The lowest BCUT2D eigenvalue weighted by atomic mass is 9.63. The van der Waals surface area contributed by atoms with Gasteiger partial charge in [-0.3, -0.25) is 14.4 Å². The van der Waals surface area contributed by atoms with Crippen LogP contribution in [0.2, 0.25) is 5.02 Å². The Balaban J connectivity index is 1.70. The molecule has 5 rings (SSSR count). The summed E-state index contributed by atoms with van der Waals surface area (Å²) in [6.45, 7) is 8.48.